The number of rotatable bonds is 5. The fourth-order valence-electron chi connectivity index (χ4n) is 1.34. The van der Waals surface area contributed by atoms with Gasteiger partial charge in [-0.2, -0.15) is 17.7 Å². The number of unbranched alkanes of at least 4 members (excludes halogenated alkanes) is 3. The maximum Gasteiger partial charge on any atom is 1.00 e. The molecule has 0 radical (unpaired) electrons. The Morgan fingerprint density at radius 3 is 2.25 bits per heavy atom. The molecule has 0 atom stereocenters. The predicted molar refractivity (Wildman–Crippen MR) is 49.9 cm³/mol. The van der Waals surface area contributed by atoms with Crippen LogP contribution in [-0.4, -0.2) is 0 Å². The van der Waals surface area contributed by atoms with E-state index in [1.54, 1.807) is 0 Å². The van der Waals surface area contributed by atoms with Gasteiger partial charge in [-0.05, 0) is 0 Å². The zero-order chi connectivity index (χ0) is 7.94. The quantitative estimate of drug-likeness (QED) is 0.331. The van der Waals surface area contributed by atoms with Gasteiger partial charge in [-0.1, -0.05) is 39.0 Å². The average molecular weight is 156 g/mol. The molecule has 1 aromatic rings. The van der Waals surface area contributed by atoms with Crippen molar-refractivity contribution in [3.8, 4) is 0 Å². The van der Waals surface area contributed by atoms with Gasteiger partial charge in [0.2, 0.25) is 0 Å². The van der Waals surface area contributed by atoms with Crippen molar-refractivity contribution in [2.24, 2.45) is 0 Å². The second kappa shape index (κ2) is 7.59. The summed E-state index contributed by atoms with van der Waals surface area (Å²) in [6.07, 6.45) is 6.74. The molecule has 62 valence electrons. The van der Waals surface area contributed by atoms with E-state index in [9.17, 15) is 0 Å². The van der Waals surface area contributed by atoms with Gasteiger partial charge in [0, 0.05) is 0 Å². The topological polar surface area (TPSA) is 0 Å². The molecule has 12 heavy (non-hydrogen) atoms. The van der Waals surface area contributed by atoms with Crippen molar-refractivity contribution in [1.29, 1.82) is 0 Å². The maximum atomic E-state index is 2.25. The monoisotopic (exact) mass is 156 g/mol. The molecule has 0 unspecified atom stereocenters. The summed E-state index contributed by atoms with van der Waals surface area (Å²) < 4.78 is 0. The molecule has 1 heteroatoms. The van der Waals surface area contributed by atoms with Crippen molar-refractivity contribution in [2.45, 2.75) is 39.0 Å². The molecular formula is C11H17Li. The van der Waals surface area contributed by atoms with Crippen molar-refractivity contribution >= 4 is 0 Å². The van der Waals surface area contributed by atoms with Gasteiger partial charge in [0.25, 0.3) is 0 Å². The summed E-state index contributed by atoms with van der Waals surface area (Å²) in [4.78, 5) is 0. The molecule has 0 heterocycles. The molecule has 0 nitrogen and oxygen atoms in total. The van der Waals surface area contributed by atoms with Gasteiger partial charge in [0.15, 0.2) is 0 Å². The van der Waals surface area contributed by atoms with Crippen LogP contribution in [0.25, 0.3) is 0 Å². The normalized spacial score (nSPS) is 9.42. The van der Waals surface area contributed by atoms with E-state index in [-0.39, 0.29) is 18.9 Å². The van der Waals surface area contributed by atoms with Crippen molar-refractivity contribution in [3.05, 3.63) is 29.8 Å². The van der Waals surface area contributed by atoms with E-state index in [0.717, 1.165) is 0 Å². The van der Waals surface area contributed by atoms with Crippen LogP contribution >= 0.6 is 0 Å². The first-order valence-electron chi connectivity index (χ1n) is 4.64. The van der Waals surface area contributed by atoms with Gasteiger partial charge in [0.1, 0.15) is 0 Å². The molecule has 1 rings (SSSR count). The zero-order valence-corrected chi connectivity index (χ0v) is 8.34. The minimum absolute atomic E-state index is 0. The Hall–Kier alpha value is -0.0526. The molecule has 0 aliphatic carbocycles. The Morgan fingerprint density at radius 2 is 1.67 bits per heavy atom. The van der Waals surface area contributed by atoms with Crippen LogP contribution in [0.2, 0.25) is 0 Å². The Labute approximate surface area is 87.9 Å². The van der Waals surface area contributed by atoms with E-state index in [1.165, 1.54) is 37.7 Å². The standard InChI is InChI=1S/C11H17.Li/c1-2-3-4-5-8-11-9-6-7-10-11;/h6-7,9-10H,2-5,8H2,1H3;/q-1;+1. The summed E-state index contributed by atoms with van der Waals surface area (Å²) in [7, 11) is 0. The minimum atomic E-state index is 0. The fourth-order valence-corrected chi connectivity index (χ4v) is 1.34. The molecular weight excluding hydrogens is 139 g/mol. The largest absolute Gasteiger partial charge is 1.00 e. The van der Waals surface area contributed by atoms with Crippen LogP contribution in [0.3, 0.4) is 0 Å². The Balaban J connectivity index is 0.00000121. The second-order valence-corrected chi connectivity index (χ2v) is 3.10. The Morgan fingerprint density at radius 1 is 1.00 bits per heavy atom. The van der Waals surface area contributed by atoms with E-state index in [4.69, 9.17) is 0 Å². The van der Waals surface area contributed by atoms with Crippen molar-refractivity contribution < 1.29 is 18.9 Å². The van der Waals surface area contributed by atoms with Gasteiger partial charge >= 0.3 is 18.9 Å². The maximum absolute atomic E-state index is 2.25. The van der Waals surface area contributed by atoms with Gasteiger partial charge in [0.05, 0.1) is 0 Å². The van der Waals surface area contributed by atoms with E-state index >= 15 is 0 Å². The van der Waals surface area contributed by atoms with Gasteiger partial charge < -0.3 is 0 Å². The van der Waals surface area contributed by atoms with Crippen LogP contribution in [0.15, 0.2) is 24.3 Å². The van der Waals surface area contributed by atoms with E-state index in [1.807, 2.05) is 0 Å². The molecule has 0 fully saturated rings. The third-order valence-electron chi connectivity index (χ3n) is 2.05. The SMILES string of the molecule is CCCCCC[c-]1cccc1.[Li+]. The van der Waals surface area contributed by atoms with Crippen LogP contribution in [0.4, 0.5) is 0 Å². The summed E-state index contributed by atoms with van der Waals surface area (Å²) in [6.45, 7) is 2.25. The molecule has 0 amide bonds. The number of hydrogen-bond acceptors (Lipinski definition) is 0. The van der Waals surface area contributed by atoms with Crippen molar-refractivity contribution in [3.63, 3.8) is 0 Å². The molecule has 0 N–H and O–H groups in total. The summed E-state index contributed by atoms with van der Waals surface area (Å²) in [5.74, 6) is 0. The summed E-state index contributed by atoms with van der Waals surface area (Å²) in [5, 5.41) is 0. The number of hydrogen-bond donors (Lipinski definition) is 0. The molecule has 0 spiro atoms. The predicted octanol–water partition coefficient (Wildman–Crippen LogP) is 0.532. The first-order chi connectivity index (χ1) is 5.43. The molecule has 0 aromatic heterocycles. The third-order valence-corrected chi connectivity index (χ3v) is 2.05. The number of aryl methyl sites for hydroxylation is 1. The van der Waals surface area contributed by atoms with Crippen molar-refractivity contribution in [2.75, 3.05) is 0 Å². The van der Waals surface area contributed by atoms with Gasteiger partial charge in [-0.25, -0.2) is 12.1 Å². The van der Waals surface area contributed by atoms with E-state index < -0.39 is 0 Å². The molecule has 0 saturated carbocycles. The first-order valence-corrected chi connectivity index (χ1v) is 4.64. The van der Waals surface area contributed by atoms with E-state index in [2.05, 4.69) is 31.2 Å². The molecule has 0 saturated heterocycles. The summed E-state index contributed by atoms with van der Waals surface area (Å²) >= 11 is 0. The minimum Gasteiger partial charge on any atom is -0.213 e. The average Bonchev–Trinajstić information content (AvgIpc) is 2.50. The summed E-state index contributed by atoms with van der Waals surface area (Å²) in [6, 6.07) is 8.67. The first kappa shape index (κ1) is 11.9. The van der Waals surface area contributed by atoms with Gasteiger partial charge in [-0.15, -0.1) is 0 Å². The smallest absolute Gasteiger partial charge is 0.213 e. The van der Waals surface area contributed by atoms with Gasteiger partial charge in [-0.3, -0.25) is 0 Å². The molecule has 0 aliphatic rings. The Bertz CT molecular complexity index is 165. The van der Waals surface area contributed by atoms with Crippen molar-refractivity contribution in [1.82, 2.24) is 0 Å². The zero-order valence-electron chi connectivity index (χ0n) is 8.34. The van der Waals surface area contributed by atoms with E-state index in [0.29, 0.717) is 0 Å². The fraction of sp³-hybridized carbons (Fsp3) is 0.545. The van der Waals surface area contributed by atoms with Crippen LogP contribution in [0, 0.1) is 0 Å². The molecule has 0 bridgehead atoms. The third kappa shape index (κ3) is 4.75. The van der Waals surface area contributed by atoms with Crippen LogP contribution < -0.4 is 18.9 Å². The Kier molecular flexibility index (Phi) is 7.56. The molecule has 1 aromatic carbocycles. The summed E-state index contributed by atoms with van der Waals surface area (Å²) in [5.41, 5.74) is 1.50. The second-order valence-electron chi connectivity index (χ2n) is 3.10. The van der Waals surface area contributed by atoms with Crippen LogP contribution in [0.1, 0.15) is 38.2 Å². The van der Waals surface area contributed by atoms with Crippen LogP contribution in [0.5, 0.6) is 0 Å². The molecule has 0 aliphatic heterocycles. The van der Waals surface area contributed by atoms with Crippen LogP contribution in [-0.2, 0) is 6.42 Å².